The van der Waals surface area contributed by atoms with Gasteiger partial charge in [-0.15, -0.1) is 0 Å². The number of pyridine rings is 1. The molecule has 0 bridgehead atoms. The van der Waals surface area contributed by atoms with Crippen molar-refractivity contribution in [2.45, 2.75) is 25.5 Å². The number of piperazine rings is 1. The van der Waals surface area contributed by atoms with Crippen molar-refractivity contribution in [3.8, 4) is 0 Å². The van der Waals surface area contributed by atoms with Crippen LogP contribution in [0.3, 0.4) is 0 Å². The third kappa shape index (κ3) is 2.73. The number of hydrogen-bond donors (Lipinski definition) is 2. The molecule has 1 aromatic heterocycles. The quantitative estimate of drug-likeness (QED) is 0.802. The van der Waals surface area contributed by atoms with Crippen molar-refractivity contribution in [1.29, 1.82) is 0 Å². The van der Waals surface area contributed by atoms with Crippen LogP contribution < -0.4 is 10.6 Å². The molecule has 0 radical (unpaired) electrons. The summed E-state index contributed by atoms with van der Waals surface area (Å²) in [5, 5.41) is 10.2. The second-order valence-electron chi connectivity index (χ2n) is 5.54. The molecule has 5 nitrogen and oxygen atoms in total. The predicted octanol–water partition coefficient (Wildman–Crippen LogP) is 0.555. The average Bonchev–Trinajstić information content (AvgIpc) is 2.29. The summed E-state index contributed by atoms with van der Waals surface area (Å²) in [6.45, 7) is 6.39. The van der Waals surface area contributed by atoms with Crippen LogP contribution in [0.2, 0.25) is 0 Å². The molecule has 1 fully saturated rings. The van der Waals surface area contributed by atoms with Crippen LogP contribution in [0.1, 0.15) is 13.8 Å². The van der Waals surface area contributed by atoms with Gasteiger partial charge in [0, 0.05) is 19.6 Å². The third-order valence-corrected chi connectivity index (χ3v) is 3.60. The van der Waals surface area contributed by atoms with Crippen LogP contribution in [0.25, 0.3) is 0 Å². The Morgan fingerprint density at radius 3 is 2.67 bits per heavy atom. The number of aromatic nitrogens is 1. The monoisotopic (exact) mass is 250 g/mol. The Labute approximate surface area is 108 Å². The van der Waals surface area contributed by atoms with Gasteiger partial charge in [0.2, 0.25) is 0 Å². The van der Waals surface area contributed by atoms with E-state index >= 15 is 0 Å². The van der Waals surface area contributed by atoms with Gasteiger partial charge in [0.1, 0.15) is 5.82 Å². The van der Waals surface area contributed by atoms with Crippen molar-refractivity contribution in [1.82, 2.24) is 9.88 Å². The maximum Gasteiger partial charge on any atom is 0.123 e. The fourth-order valence-electron chi connectivity index (χ4n) is 2.46. The second kappa shape index (κ2) is 4.74. The van der Waals surface area contributed by atoms with Gasteiger partial charge in [0.25, 0.3) is 0 Å². The zero-order chi connectivity index (χ0) is 13.3. The lowest BCUT2D eigenvalue weighted by atomic mass is 9.95. The first-order valence-corrected chi connectivity index (χ1v) is 6.27. The highest BCUT2D eigenvalue weighted by atomic mass is 16.3. The fraction of sp³-hybridized carbons (Fsp3) is 0.615. The Kier molecular flexibility index (Phi) is 3.45. The molecule has 2 heterocycles. The van der Waals surface area contributed by atoms with Crippen molar-refractivity contribution < 1.29 is 5.11 Å². The summed E-state index contributed by atoms with van der Waals surface area (Å²) in [7, 11) is 2.06. The SMILES string of the molecule is CN1CCN(c2ccc(N)nc2)CC1C(C)(C)O. The summed E-state index contributed by atoms with van der Waals surface area (Å²) >= 11 is 0. The smallest absolute Gasteiger partial charge is 0.123 e. The van der Waals surface area contributed by atoms with E-state index < -0.39 is 5.60 Å². The summed E-state index contributed by atoms with van der Waals surface area (Å²) < 4.78 is 0. The zero-order valence-corrected chi connectivity index (χ0v) is 11.3. The van der Waals surface area contributed by atoms with Crippen molar-refractivity contribution in [2.75, 3.05) is 37.3 Å². The van der Waals surface area contributed by atoms with E-state index in [4.69, 9.17) is 5.73 Å². The number of nitrogens with zero attached hydrogens (tertiary/aromatic N) is 3. The van der Waals surface area contributed by atoms with E-state index in [-0.39, 0.29) is 6.04 Å². The van der Waals surface area contributed by atoms with E-state index in [1.807, 2.05) is 26.0 Å². The molecule has 0 saturated carbocycles. The highest BCUT2D eigenvalue weighted by Crippen LogP contribution is 2.23. The van der Waals surface area contributed by atoms with Crippen LogP contribution in [0.15, 0.2) is 18.3 Å². The van der Waals surface area contributed by atoms with Gasteiger partial charge in [-0.05, 0) is 33.0 Å². The van der Waals surface area contributed by atoms with Crippen molar-refractivity contribution in [3.05, 3.63) is 18.3 Å². The molecule has 1 aromatic rings. The number of nitrogen functional groups attached to an aromatic ring is 1. The molecule has 3 N–H and O–H groups in total. The Morgan fingerprint density at radius 2 is 2.11 bits per heavy atom. The first-order valence-electron chi connectivity index (χ1n) is 6.27. The first kappa shape index (κ1) is 13.1. The molecule has 1 atom stereocenters. The third-order valence-electron chi connectivity index (χ3n) is 3.60. The highest BCUT2D eigenvalue weighted by molar-refractivity contribution is 5.48. The molecule has 18 heavy (non-hydrogen) atoms. The van der Waals surface area contributed by atoms with Gasteiger partial charge < -0.3 is 15.7 Å². The normalized spacial score (nSPS) is 22.2. The van der Waals surface area contributed by atoms with Crippen molar-refractivity contribution in [2.24, 2.45) is 0 Å². The minimum atomic E-state index is -0.714. The summed E-state index contributed by atoms with van der Waals surface area (Å²) in [4.78, 5) is 8.58. The van der Waals surface area contributed by atoms with Gasteiger partial charge in [-0.2, -0.15) is 0 Å². The molecule has 5 heteroatoms. The molecule has 0 amide bonds. The van der Waals surface area contributed by atoms with Crippen LogP contribution in [0, 0.1) is 0 Å². The maximum atomic E-state index is 10.2. The summed E-state index contributed by atoms with van der Waals surface area (Å²) in [6, 6.07) is 3.91. The Balaban J connectivity index is 2.14. The average molecular weight is 250 g/mol. The molecule has 1 aliphatic rings. The number of hydrogen-bond acceptors (Lipinski definition) is 5. The molecule has 1 unspecified atom stereocenters. The van der Waals surface area contributed by atoms with Gasteiger partial charge in [0.15, 0.2) is 0 Å². The molecule has 1 aliphatic heterocycles. The lowest BCUT2D eigenvalue weighted by Crippen LogP contribution is -2.59. The zero-order valence-electron chi connectivity index (χ0n) is 11.3. The molecule has 2 rings (SSSR count). The summed E-state index contributed by atoms with van der Waals surface area (Å²) in [5.74, 6) is 0.534. The van der Waals surface area contributed by atoms with E-state index in [1.165, 1.54) is 0 Å². The van der Waals surface area contributed by atoms with E-state index in [9.17, 15) is 5.11 Å². The van der Waals surface area contributed by atoms with Crippen molar-refractivity contribution >= 4 is 11.5 Å². The summed E-state index contributed by atoms with van der Waals surface area (Å²) in [6.07, 6.45) is 1.79. The maximum absolute atomic E-state index is 10.2. The molecule has 0 spiro atoms. The minimum absolute atomic E-state index is 0.115. The number of rotatable bonds is 2. The van der Waals surface area contributed by atoms with Gasteiger partial charge in [0.05, 0.1) is 23.5 Å². The Bertz CT molecular complexity index is 398. The predicted molar refractivity (Wildman–Crippen MR) is 73.6 cm³/mol. The number of likely N-dealkylation sites (N-methyl/N-ethyl adjacent to an activating group) is 1. The van der Waals surface area contributed by atoms with Crippen LogP contribution in [-0.4, -0.2) is 53.3 Å². The number of anilines is 2. The van der Waals surface area contributed by atoms with Crippen LogP contribution in [0.4, 0.5) is 11.5 Å². The van der Waals surface area contributed by atoms with Crippen LogP contribution >= 0.6 is 0 Å². The highest BCUT2D eigenvalue weighted by Gasteiger charge is 2.35. The Hall–Kier alpha value is -1.33. The van der Waals surface area contributed by atoms with E-state index in [1.54, 1.807) is 6.20 Å². The minimum Gasteiger partial charge on any atom is -0.389 e. The first-order chi connectivity index (χ1) is 8.38. The molecular weight excluding hydrogens is 228 g/mol. The van der Waals surface area contributed by atoms with E-state index in [0.29, 0.717) is 5.82 Å². The lowest BCUT2D eigenvalue weighted by molar-refractivity contribution is -0.0140. The lowest BCUT2D eigenvalue weighted by Gasteiger charge is -2.45. The number of aliphatic hydroxyl groups is 1. The van der Waals surface area contributed by atoms with E-state index in [2.05, 4.69) is 21.8 Å². The van der Waals surface area contributed by atoms with Crippen LogP contribution in [0.5, 0.6) is 0 Å². The largest absolute Gasteiger partial charge is 0.389 e. The topological polar surface area (TPSA) is 65.6 Å². The fourth-order valence-corrected chi connectivity index (χ4v) is 2.46. The molecule has 0 aliphatic carbocycles. The van der Waals surface area contributed by atoms with Gasteiger partial charge in [-0.25, -0.2) is 4.98 Å². The van der Waals surface area contributed by atoms with Gasteiger partial charge in [-0.1, -0.05) is 0 Å². The standard InChI is InChI=1S/C13H22N4O/c1-13(2,18)11-9-17(7-6-16(11)3)10-4-5-12(14)15-8-10/h4-5,8,11,18H,6-7,9H2,1-3H3,(H2,14,15). The van der Waals surface area contributed by atoms with Crippen molar-refractivity contribution in [3.63, 3.8) is 0 Å². The molecule has 0 aromatic carbocycles. The van der Waals surface area contributed by atoms with E-state index in [0.717, 1.165) is 25.3 Å². The summed E-state index contributed by atoms with van der Waals surface area (Å²) in [5.41, 5.74) is 5.94. The van der Waals surface area contributed by atoms with Crippen LogP contribution in [-0.2, 0) is 0 Å². The molecular formula is C13H22N4O. The van der Waals surface area contributed by atoms with Gasteiger partial charge >= 0.3 is 0 Å². The molecule has 100 valence electrons. The second-order valence-corrected chi connectivity index (χ2v) is 5.54. The van der Waals surface area contributed by atoms with Gasteiger partial charge in [-0.3, -0.25) is 4.90 Å². The molecule has 1 saturated heterocycles. The Morgan fingerprint density at radius 1 is 1.39 bits per heavy atom. The number of nitrogens with two attached hydrogens (primary N) is 1.